The number of carboxylic acids is 1. The fourth-order valence-electron chi connectivity index (χ4n) is 6.56. The lowest BCUT2D eigenvalue weighted by atomic mass is 9.75. The summed E-state index contributed by atoms with van der Waals surface area (Å²) in [7, 11) is 0. The molecule has 3 aromatic rings. The van der Waals surface area contributed by atoms with E-state index >= 15 is 0 Å². The third kappa shape index (κ3) is 3.16. The molecule has 0 bridgehead atoms. The Labute approximate surface area is 204 Å². The molecule has 0 spiro atoms. The van der Waals surface area contributed by atoms with Crippen molar-refractivity contribution in [3.63, 3.8) is 0 Å². The van der Waals surface area contributed by atoms with Crippen LogP contribution in [0.25, 0.3) is 22.4 Å². The number of aryl methyl sites for hydroxylation is 2. The summed E-state index contributed by atoms with van der Waals surface area (Å²) in [6, 6.07) is 17.0. The molecule has 0 saturated carbocycles. The first-order chi connectivity index (χ1) is 17.2. The molecule has 2 heterocycles. The summed E-state index contributed by atoms with van der Waals surface area (Å²) >= 11 is 0. The van der Waals surface area contributed by atoms with Crippen LogP contribution in [0.2, 0.25) is 0 Å². The van der Waals surface area contributed by atoms with Crippen molar-refractivity contribution in [2.24, 2.45) is 9.98 Å². The number of nitrogens with zero attached hydrogens (tertiary/aromatic N) is 2. The van der Waals surface area contributed by atoms with E-state index in [4.69, 9.17) is 9.98 Å². The molecule has 0 radical (unpaired) electrons. The maximum absolute atomic E-state index is 12.0. The molecule has 0 amide bonds. The Morgan fingerprint density at radius 1 is 1.00 bits per heavy atom. The van der Waals surface area contributed by atoms with Crippen molar-refractivity contribution in [1.29, 1.82) is 0 Å². The molecule has 7 rings (SSSR count). The lowest BCUT2D eigenvalue weighted by molar-refractivity contribution is -0.131. The summed E-state index contributed by atoms with van der Waals surface area (Å²) in [6.45, 7) is 0. The molecule has 0 fully saturated rings. The summed E-state index contributed by atoms with van der Waals surface area (Å²) in [4.78, 5) is 21.6. The zero-order chi connectivity index (χ0) is 23.5. The summed E-state index contributed by atoms with van der Waals surface area (Å²) in [5.41, 5.74) is 9.36. The molecule has 2 atom stereocenters. The number of benzene rings is 3. The molecular weight excluding hydrogens is 432 g/mol. The third-order valence-electron chi connectivity index (χ3n) is 8.15. The van der Waals surface area contributed by atoms with Gasteiger partial charge in [-0.2, -0.15) is 0 Å². The fourth-order valence-corrected chi connectivity index (χ4v) is 6.56. The molecule has 4 heteroatoms. The van der Waals surface area contributed by atoms with Crippen molar-refractivity contribution in [3.8, 4) is 0 Å². The highest BCUT2D eigenvalue weighted by atomic mass is 16.4. The van der Waals surface area contributed by atoms with Crippen LogP contribution in [-0.2, 0) is 17.6 Å². The Morgan fingerprint density at radius 2 is 1.86 bits per heavy atom. The normalized spacial score (nSPS) is 21.9. The first-order valence-corrected chi connectivity index (χ1v) is 12.6. The van der Waals surface area contributed by atoms with E-state index in [1.54, 1.807) is 6.21 Å². The number of aliphatic imine (C=N–C) groups is 2. The number of allylic oxidation sites excluding steroid dienone is 1. The first kappa shape index (κ1) is 20.6. The predicted molar refractivity (Wildman–Crippen MR) is 142 cm³/mol. The molecule has 2 aliphatic heterocycles. The standard InChI is InChI=1S/C31H26N2O2/c34-31(35)26-17-32-28(30-29(26)25-9-3-4-11-27(25)33-30)16-19-7-5-10-22-21(19)14-15-23-20-8-2-1-6-18(20)12-13-24(22)23/h1,3-4,6,9,11-15,17,19,28H,2,5,7-8,10,16H2,(H,34,35)/t19-,28?/m1/s1. The van der Waals surface area contributed by atoms with Gasteiger partial charge in [-0.25, -0.2) is 9.79 Å². The zero-order valence-electron chi connectivity index (χ0n) is 19.5. The van der Waals surface area contributed by atoms with Crippen molar-refractivity contribution in [1.82, 2.24) is 0 Å². The second-order valence-electron chi connectivity index (χ2n) is 10.0. The summed E-state index contributed by atoms with van der Waals surface area (Å²) in [5.74, 6) is -0.556. The van der Waals surface area contributed by atoms with Crippen LogP contribution in [0.3, 0.4) is 0 Å². The monoisotopic (exact) mass is 458 g/mol. The molecule has 35 heavy (non-hydrogen) atoms. The molecule has 0 aromatic heterocycles. The molecule has 1 N–H and O–H groups in total. The van der Waals surface area contributed by atoms with Gasteiger partial charge in [0.25, 0.3) is 0 Å². The van der Waals surface area contributed by atoms with Gasteiger partial charge in [-0.05, 0) is 83.5 Å². The largest absolute Gasteiger partial charge is 0.478 e. The van der Waals surface area contributed by atoms with Gasteiger partial charge in [0.1, 0.15) is 0 Å². The second kappa shape index (κ2) is 7.88. The molecule has 1 unspecified atom stereocenters. The Balaban J connectivity index is 1.27. The van der Waals surface area contributed by atoms with Crippen LogP contribution in [0.15, 0.2) is 70.2 Å². The molecule has 172 valence electrons. The van der Waals surface area contributed by atoms with E-state index in [2.05, 4.69) is 36.4 Å². The van der Waals surface area contributed by atoms with Gasteiger partial charge in [-0.3, -0.25) is 4.99 Å². The van der Waals surface area contributed by atoms with Gasteiger partial charge in [0, 0.05) is 17.4 Å². The van der Waals surface area contributed by atoms with Crippen LogP contribution in [0, 0.1) is 0 Å². The number of carbonyl (C=O) groups is 1. The maximum atomic E-state index is 12.0. The molecule has 4 nitrogen and oxygen atoms in total. The van der Waals surface area contributed by atoms with Crippen LogP contribution >= 0.6 is 0 Å². The van der Waals surface area contributed by atoms with Crippen LogP contribution in [0.4, 0.5) is 5.69 Å². The summed E-state index contributed by atoms with van der Waals surface area (Å²) in [6.07, 6.45) is 12.6. The van der Waals surface area contributed by atoms with Gasteiger partial charge >= 0.3 is 5.97 Å². The lowest BCUT2D eigenvalue weighted by Crippen LogP contribution is -2.28. The molecule has 4 aliphatic rings. The highest BCUT2D eigenvalue weighted by molar-refractivity contribution is 6.40. The highest BCUT2D eigenvalue weighted by Gasteiger charge is 2.36. The zero-order valence-corrected chi connectivity index (χ0v) is 19.5. The fraction of sp³-hybridized carbons (Fsp3) is 0.258. The minimum atomic E-state index is -0.945. The maximum Gasteiger partial charge on any atom is 0.337 e. The van der Waals surface area contributed by atoms with E-state index in [1.165, 1.54) is 39.4 Å². The van der Waals surface area contributed by atoms with Crippen molar-refractivity contribution >= 4 is 46.0 Å². The third-order valence-corrected chi connectivity index (χ3v) is 8.15. The minimum Gasteiger partial charge on any atom is -0.478 e. The Kier molecular flexibility index (Phi) is 4.63. The van der Waals surface area contributed by atoms with E-state index in [9.17, 15) is 9.90 Å². The van der Waals surface area contributed by atoms with Gasteiger partial charge in [0.05, 0.1) is 23.0 Å². The average molecular weight is 459 g/mol. The first-order valence-electron chi connectivity index (χ1n) is 12.6. The summed E-state index contributed by atoms with van der Waals surface area (Å²) < 4.78 is 0. The molecule has 0 saturated heterocycles. The number of hydrogen-bond donors (Lipinski definition) is 1. The Bertz CT molecular complexity index is 1540. The number of carboxylic acid groups (broad SMARTS) is 1. The van der Waals surface area contributed by atoms with Gasteiger partial charge < -0.3 is 5.11 Å². The average Bonchev–Trinajstić information content (AvgIpc) is 3.28. The molecule has 2 aliphatic carbocycles. The number of fused-ring (bicyclic) bond motifs is 8. The lowest BCUT2D eigenvalue weighted by Gasteiger charge is -2.30. The molecular formula is C31H26N2O2. The van der Waals surface area contributed by atoms with Crippen LogP contribution in [-0.4, -0.2) is 29.0 Å². The van der Waals surface area contributed by atoms with Crippen molar-refractivity contribution in [3.05, 3.63) is 88.0 Å². The smallest absolute Gasteiger partial charge is 0.337 e. The predicted octanol–water partition coefficient (Wildman–Crippen LogP) is 6.69. The number of dihydropyridines is 1. The van der Waals surface area contributed by atoms with E-state index in [-0.39, 0.29) is 11.6 Å². The Hall–Kier alpha value is -3.79. The summed E-state index contributed by atoms with van der Waals surface area (Å²) in [5, 5.41) is 12.6. The quantitative estimate of drug-likeness (QED) is 0.475. The molecule has 3 aromatic carbocycles. The van der Waals surface area contributed by atoms with Gasteiger partial charge in [-0.1, -0.05) is 54.6 Å². The van der Waals surface area contributed by atoms with Crippen LogP contribution < -0.4 is 0 Å². The van der Waals surface area contributed by atoms with Gasteiger partial charge in [-0.15, -0.1) is 0 Å². The van der Waals surface area contributed by atoms with Gasteiger partial charge in [0.15, 0.2) is 0 Å². The number of aliphatic carboxylic acids is 1. The van der Waals surface area contributed by atoms with Crippen molar-refractivity contribution in [2.75, 3.05) is 0 Å². The highest BCUT2D eigenvalue weighted by Crippen LogP contribution is 2.44. The topological polar surface area (TPSA) is 62.0 Å². The SMILES string of the molecule is O=C(O)C1=C2C(=Nc3ccccc32)C(C[C@H]2CCCc3c2ccc2c4c(ccc32)C=CCC4)N=C1. The van der Waals surface area contributed by atoms with E-state index in [0.717, 1.165) is 54.6 Å². The number of para-hydroxylation sites is 1. The Morgan fingerprint density at radius 3 is 2.77 bits per heavy atom. The van der Waals surface area contributed by atoms with Crippen molar-refractivity contribution < 1.29 is 9.90 Å². The minimum absolute atomic E-state index is 0.124. The second-order valence-corrected chi connectivity index (χ2v) is 10.0. The van der Waals surface area contributed by atoms with Crippen LogP contribution in [0.5, 0.6) is 0 Å². The van der Waals surface area contributed by atoms with E-state index in [0.29, 0.717) is 5.92 Å². The number of rotatable bonds is 3. The van der Waals surface area contributed by atoms with Gasteiger partial charge in [0.2, 0.25) is 0 Å². The van der Waals surface area contributed by atoms with E-state index < -0.39 is 5.97 Å². The van der Waals surface area contributed by atoms with E-state index in [1.807, 2.05) is 24.3 Å². The van der Waals surface area contributed by atoms with Crippen LogP contribution in [0.1, 0.15) is 59.4 Å². The van der Waals surface area contributed by atoms with Crippen molar-refractivity contribution in [2.45, 2.75) is 50.5 Å². The number of hydrogen-bond acceptors (Lipinski definition) is 3.